The van der Waals surface area contributed by atoms with Gasteiger partial charge in [0.1, 0.15) is 11.9 Å². The Labute approximate surface area is 70.1 Å². The van der Waals surface area contributed by atoms with E-state index in [0.717, 1.165) is 4.42 Å². The SMILES string of the molecule is CC(C)(C)N(Cl)C(=O)OCl. The molecule has 0 heterocycles. The molecule has 3 nitrogen and oxygen atoms in total. The Kier molecular flexibility index (Phi) is 3.25. The van der Waals surface area contributed by atoms with Crippen molar-refractivity contribution in [1.29, 1.82) is 0 Å². The summed E-state index contributed by atoms with van der Waals surface area (Å²) < 4.78 is 4.75. The van der Waals surface area contributed by atoms with E-state index in [1.807, 2.05) is 0 Å². The molecule has 5 heteroatoms. The molecule has 0 aliphatic rings. The van der Waals surface area contributed by atoms with E-state index < -0.39 is 11.6 Å². The highest BCUT2D eigenvalue weighted by Gasteiger charge is 2.25. The van der Waals surface area contributed by atoms with Crippen LogP contribution in [-0.4, -0.2) is 16.1 Å². The summed E-state index contributed by atoms with van der Waals surface area (Å²) in [4.78, 5) is 10.6. The number of nitrogens with zero attached hydrogens (tertiary/aromatic N) is 1. The van der Waals surface area contributed by atoms with E-state index in [2.05, 4.69) is 4.29 Å². The van der Waals surface area contributed by atoms with E-state index in [0.29, 0.717) is 0 Å². The first-order chi connectivity index (χ1) is 4.39. The lowest BCUT2D eigenvalue weighted by Crippen LogP contribution is -2.37. The lowest BCUT2D eigenvalue weighted by Gasteiger charge is -2.25. The summed E-state index contributed by atoms with van der Waals surface area (Å²) in [6.07, 6.45) is -0.768. The van der Waals surface area contributed by atoms with Crippen LogP contribution in [0.1, 0.15) is 20.8 Å². The molecule has 0 aliphatic heterocycles. The van der Waals surface area contributed by atoms with Crippen molar-refractivity contribution in [2.45, 2.75) is 26.3 Å². The van der Waals surface area contributed by atoms with Gasteiger partial charge in [0.25, 0.3) is 0 Å². The number of carbonyl (C=O) groups is 1. The standard InChI is InChI=1S/C5H9Cl2NO2/c1-5(2,3)8(6)4(9)10-7/h1-3H3. The van der Waals surface area contributed by atoms with Gasteiger partial charge in [0.05, 0.1) is 5.54 Å². The minimum absolute atomic E-state index is 0.479. The zero-order valence-corrected chi connectivity index (χ0v) is 7.53. The highest BCUT2D eigenvalue weighted by molar-refractivity contribution is 6.23. The van der Waals surface area contributed by atoms with Crippen molar-refractivity contribution in [3.8, 4) is 0 Å². The molecule has 60 valence electrons. The van der Waals surface area contributed by atoms with Crippen LogP contribution in [0.25, 0.3) is 0 Å². The molecule has 0 spiro atoms. The van der Waals surface area contributed by atoms with E-state index in [4.69, 9.17) is 23.6 Å². The number of rotatable bonds is 0. The van der Waals surface area contributed by atoms with Gasteiger partial charge in [0, 0.05) is 11.8 Å². The lowest BCUT2D eigenvalue weighted by atomic mass is 10.1. The van der Waals surface area contributed by atoms with Gasteiger partial charge in [-0.1, -0.05) is 0 Å². The molecule has 10 heavy (non-hydrogen) atoms. The van der Waals surface area contributed by atoms with Gasteiger partial charge < -0.3 is 4.29 Å². The van der Waals surface area contributed by atoms with Crippen LogP contribution in [0.4, 0.5) is 4.79 Å². The van der Waals surface area contributed by atoms with E-state index in [-0.39, 0.29) is 0 Å². The molecule has 0 N–H and O–H groups in total. The summed E-state index contributed by atoms with van der Waals surface area (Å²) >= 11 is 10.3. The summed E-state index contributed by atoms with van der Waals surface area (Å²) in [6.45, 7) is 5.27. The zero-order chi connectivity index (χ0) is 8.36. The van der Waals surface area contributed by atoms with Gasteiger partial charge in [-0.25, -0.2) is 9.21 Å². The van der Waals surface area contributed by atoms with Crippen LogP contribution < -0.4 is 0 Å². The number of hydrogen-bond acceptors (Lipinski definition) is 2. The third-order valence-corrected chi connectivity index (χ3v) is 1.59. The molecule has 1 amide bonds. The Morgan fingerprint density at radius 1 is 1.50 bits per heavy atom. The summed E-state index contributed by atoms with van der Waals surface area (Å²) in [5.74, 6) is 0. The summed E-state index contributed by atoms with van der Waals surface area (Å²) in [6, 6.07) is 0. The summed E-state index contributed by atoms with van der Waals surface area (Å²) in [7, 11) is 0. The van der Waals surface area contributed by atoms with E-state index in [1.165, 1.54) is 0 Å². The van der Waals surface area contributed by atoms with Gasteiger partial charge in [0.15, 0.2) is 0 Å². The Balaban J connectivity index is 4.08. The molecule has 0 bridgehead atoms. The van der Waals surface area contributed by atoms with Gasteiger partial charge in [-0.05, 0) is 20.8 Å². The molecule has 0 aromatic heterocycles. The lowest BCUT2D eigenvalue weighted by molar-refractivity contribution is 0.159. The van der Waals surface area contributed by atoms with Crippen molar-refractivity contribution >= 4 is 29.7 Å². The molecule has 0 saturated carbocycles. The molecule has 0 aromatic carbocycles. The van der Waals surface area contributed by atoms with Crippen LogP contribution in [0.2, 0.25) is 0 Å². The maximum Gasteiger partial charge on any atom is 0.443 e. The van der Waals surface area contributed by atoms with Gasteiger partial charge in [0.2, 0.25) is 0 Å². The van der Waals surface area contributed by atoms with E-state index in [9.17, 15) is 4.79 Å². The Bertz CT molecular complexity index is 132. The van der Waals surface area contributed by atoms with Crippen LogP contribution in [0, 0.1) is 0 Å². The second-order valence-corrected chi connectivity index (χ2v) is 3.29. The molecular weight excluding hydrogens is 177 g/mol. The zero-order valence-electron chi connectivity index (χ0n) is 6.02. The maximum absolute atomic E-state index is 10.6. The first-order valence-electron chi connectivity index (χ1n) is 2.68. The number of halogens is 2. The highest BCUT2D eigenvalue weighted by Crippen LogP contribution is 2.17. The third kappa shape index (κ3) is 2.62. The predicted molar refractivity (Wildman–Crippen MR) is 39.8 cm³/mol. The average molecular weight is 186 g/mol. The van der Waals surface area contributed by atoms with Crippen molar-refractivity contribution in [3.05, 3.63) is 0 Å². The fourth-order valence-corrected chi connectivity index (χ4v) is 0.443. The molecule has 0 unspecified atom stereocenters. The first kappa shape index (κ1) is 9.85. The summed E-state index contributed by atoms with van der Waals surface area (Å²) in [5, 5.41) is 0. The number of hydrogen-bond donors (Lipinski definition) is 0. The predicted octanol–water partition coefficient (Wildman–Crippen LogP) is 2.53. The molecule has 0 aliphatic carbocycles. The monoisotopic (exact) mass is 185 g/mol. The van der Waals surface area contributed by atoms with Crippen molar-refractivity contribution < 1.29 is 9.08 Å². The minimum Gasteiger partial charge on any atom is -0.329 e. The normalized spacial score (nSPS) is 10.9. The van der Waals surface area contributed by atoms with Crippen LogP contribution >= 0.6 is 23.6 Å². The van der Waals surface area contributed by atoms with Gasteiger partial charge in [-0.2, -0.15) is 0 Å². The smallest absolute Gasteiger partial charge is 0.329 e. The van der Waals surface area contributed by atoms with Crippen LogP contribution in [0.15, 0.2) is 0 Å². The fourth-order valence-electron chi connectivity index (χ4n) is 0.304. The quantitative estimate of drug-likeness (QED) is 0.544. The van der Waals surface area contributed by atoms with Crippen molar-refractivity contribution in [1.82, 2.24) is 4.42 Å². The molecule has 0 atom stereocenters. The maximum atomic E-state index is 10.6. The highest BCUT2D eigenvalue weighted by atomic mass is 35.5. The topological polar surface area (TPSA) is 29.5 Å². The average Bonchev–Trinajstić information content (AvgIpc) is 1.83. The van der Waals surface area contributed by atoms with E-state index >= 15 is 0 Å². The summed E-state index contributed by atoms with van der Waals surface area (Å²) in [5.41, 5.74) is -0.479. The van der Waals surface area contributed by atoms with Crippen LogP contribution in [-0.2, 0) is 4.29 Å². The minimum atomic E-state index is -0.768. The van der Waals surface area contributed by atoms with Gasteiger partial charge in [-0.3, -0.25) is 0 Å². The van der Waals surface area contributed by atoms with Crippen molar-refractivity contribution in [2.24, 2.45) is 0 Å². The van der Waals surface area contributed by atoms with E-state index in [1.54, 1.807) is 20.8 Å². The Hall–Kier alpha value is -0.150. The Morgan fingerprint density at radius 2 is 1.90 bits per heavy atom. The Morgan fingerprint density at radius 3 is 2.00 bits per heavy atom. The third-order valence-electron chi connectivity index (χ3n) is 0.815. The van der Waals surface area contributed by atoms with Gasteiger partial charge >= 0.3 is 6.09 Å². The molecule has 0 rings (SSSR count). The van der Waals surface area contributed by atoms with Gasteiger partial charge in [-0.15, -0.1) is 0 Å². The van der Waals surface area contributed by atoms with Crippen LogP contribution in [0.5, 0.6) is 0 Å². The van der Waals surface area contributed by atoms with Crippen molar-refractivity contribution in [3.63, 3.8) is 0 Å². The molecule has 0 aromatic rings. The molecule has 0 fully saturated rings. The molecule has 0 saturated heterocycles. The molecular formula is C5H9Cl2NO2. The largest absolute Gasteiger partial charge is 0.443 e. The number of amides is 1. The van der Waals surface area contributed by atoms with Crippen LogP contribution in [0.3, 0.4) is 0 Å². The van der Waals surface area contributed by atoms with Crippen molar-refractivity contribution in [2.75, 3.05) is 0 Å². The first-order valence-corrected chi connectivity index (χ1v) is 3.33. The fraction of sp³-hybridized carbons (Fsp3) is 0.800. The molecule has 0 radical (unpaired) electrons. The second-order valence-electron chi connectivity index (χ2n) is 2.79. The number of carbonyl (C=O) groups excluding carboxylic acids is 1. The second kappa shape index (κ2) is 3.30.